The SMILES string of the molecule is C[SiH](C)[N-][SiH](C)C.C[SiH](C)[N-][SiH](C)C.Cc1cc(C)n(C(n2[nH+]c(C)cc2C)n2[nH+]c(C)cc2C)n1.[Mg+2]. The smallest absolute Gasteiger partial charge is 0.672 e. The van der Waals surface area contributed by atoms with E-state index >= 15 is 0 Å². The number of nitrogens with zero attached hydrogens (tertiary/aromatic N) is 6. The summed E-state index contributed by atoms with van der Waals surface area (Å²) >= 11 is 0. The summed E-state index contributed by atoms with van der Waals surface area (Å²) in [7, 11) is -2.17. The monoisotopic (exact) mass is 588 g/mol. The summed E-state index contributed by atoms with van der Waals surface area (Å²) in [6.07, 6.45) is -0.115. The minimum Gasteiger partial charge on any atom is -0.672 e. The molecule has 3 aromatic rings. The van der Waals surface area contributed by atoms with E-state index in [-0.39, 0.29) is 29.3 Å². The molecular weight excluding hydrogens is 537 g/mol. The number of rotatable bonds is 7. The third-order valence-corrected chi connectivity index (χ3v) is 14.7. The maximum absolute atomic E-state index is 4.70. The predicted octanol–water partition coefficient (Wildman–Crippen LogP) is 3.79. The number of hydrogen-bond acceptors (Lipinski definition) is 1. The van der Waals surface area contributed by atoms with E-state index in [1.54, 1.807) is 0 Å². The Morgan fingerprint density at radius 3 is 1.16 bits per heavy atom. The molecule has 0 aliphatic heterocycles. The van der Waals surface area contributed by atoms with Crippen LogP contribution in [0.2, 0.25) is 52.4 Å². The molecule has 0 unspecified atom stereocenters. The fourth-order valence-electron chi connectivity index (χ4n) is 4.27. The van der Waals surface area contributed by atoms with E-state index in [1.807, 2.05) is 11.6 Å². The molecule has 2 N–H and O–H groups in total. The summed E-state index contributed by atoms with van der Waals surface area (Å²) in [5.41, 5.74) is 6.73. The molecule has 0 atom stereocenters. The average molecular weight is 589 g/mol. The quantitative estimate of drug-likeness (QED) is 0.386. The van der Waals surface area contributed by atoms with Gasteiger partial charge in [-0.05, 0) is 33.8 Å². The standard InChI is InChI=1S/C16H22N6.2C4H14NSi2.Mg/c1-10-7-13(4)20(17-10)16(21-14(5)8-11(2)18-21)22-15(6)9-12(3)19-22;2*1-6(2)5-7(3)4;/h7-9,16H,1-6H3;2*6-7H,1-4H3;/q;2*-1;+2/p+2. The number of aromatic amines is 2. The van der Waals surface area contributed by atoms with Crippen molar-refractivity contribution in [2.24, 2.45) is 0 Å². The molecule has 0 radical (unpaired) electrons. The zero-order chi connectivity index (χ0) is 27.7. The van der Waals surface area contributed by atoms with Gasteiger partial charge >= 0.3 is 29.3 Å². The van der Waals surface area contributed by atoms with E-state index in [2.05, 4.69) is 134 Å². The van der Waals surface area contributed by atoms with Crippen LogP contribution in [0.15, 0.2) is 18.2 Å². The molecule has 8 nitrogen and oxygen atoms in total. The summed E-state index contributed by atoms with van der Waals surface area (Å²) in [4.78, 5) is 0. The van der Waals surface area contributed by atoms with Crippen LogP contribution in [0.5, 0.6) is 0 Å². The van der Waals surface area contributed by atoms with Crippen LogP contribution in [0.25, 0.3) is 9.30 Å². The first-order valence-electron chi connectivity index (χ1n) is 13.2. The molecule has 0 aliphatic rings. The van der Waals surface area contributed by atoms with Crippen molar-refractivity contribution < 1.29 is 10.2 Å². The second-order valence-corrected chi connectivity index (χ2v) is 21.9. The Bertz CT molecular complexity index is 924. The van der Waals surface area contributed by atoms with Crippen molar-refractivity contribution in [2.75, 3.05) is 0 Å². The van der Waals surface area contributed by atoms with E-state index < -0.39 is 35.8 Å². The second kappa shape index (κ2) is 17.0. The van der Waals surface area contributed by atoms with Gasteiger partial charge in [0.05, 0.1) is 17.1 Å². The van der Waals surface area contributed by atoms with Crippen LogP contribution in [0.3, 0.4) is 0 Å². The van der Waals surface area contributed by atoms with Crippen LogP contribution < -0.4 is 10.2 Å². The van der Waals surface area contributed by atoms with Crippen LogP contribution in [-0.4, -0.2) is 78.0 Å². The van der Waals surface area contributed by atoms with E-state index in [4.69, 9.17) is 5.10 Å². The van der Waals surface area contributed by atoms with Gasteiger partial charge in [0.1, 0.15) is 0 Å². The molecule has 0 bridgehead atoms. The second-order valence-electron chi connectivity index (χ2n) is 10.8. The Hall–Kier alpha value is -0.816. The van der Waals surface area contributed by atoms with E-state index in [0.717, 1.165) is 34.2 Å². The van der Waals surface area contributed by atoms with Gasteiger partial charge in [0, 0.05) is 31.7 Å². The van der Waals surface area contributed by atoms with Gasteiger partial charge in [-0.1, -0.05) is 88.2 Å². The van der Waals surface area contributed by atoms with Crippen molar-refractivity contribution in [1.82, 2.24) is 19.1 Å². The third kappa shape index (κ3) is 12.7. The van der Waals surface area contributed by atoms with Crippen molar-refractivity contribution in [3.05, 3.63) is 61.7 Å². The van der Waals surface area contributed by atoms with Gasteiger partial charge in [-0.25, -0.2) is 4.68 Å². The largest absolute Gasteiger partial charge is 2.00 e. The maximum atomic E-state index is 4.70. The molecule has 3 rings (SSSR count). The average Bonchev–Trinajstić information content (AvgIpc) is 3.31. The number of aromatic nitrogens is 6. The zero-order valence-electron chi connectivity index (χ0n) is 26.0. The molecule has 0 spiro atoms. The first-order valence-corrected chi connectivity index (χ1v) is 24.5. The van der Waals surface area contributed by atoms with Gasteiger partial charge in [0.25, 0.3) is 0 Å². The first-order chi connectivity index (χ1) is 16.6. The minimum absolute atomic E-state index is 0. The van der Waals surface area contributed by atoms with E-state index in [9.17, 15) is 0 Å². The topological polar surface area (TPSA) is 84.2 Å². The van der Waals surface area contributed by atoms with Crippen molar-refractivity contribution in [1.29, 1.82) is 0 Å². The number of nitrogens with one attached hydrogen (secondary N) is 2. The molecular formula is C24H52MgN8Si4+2. The van der Waals surface area contributed by atoms with Crippen LogP contribution in [0.1, 0.15) is 40.5 Å². The zero-order valence-corrected chi connectivity index (χ0v) is 32.0. The normalized spacial score (nSPS) is 11.1. The summed E-state index contributed by atoms with van der Waals surface area (Å²) in [6, 6.07) is 6.39. The molecule has 0 saturated heterocycles. The van der Waals surface area contributed by atoms with Gasteiger partial charge in [-0.15, -0.1) is 19.6 Å². The Balaban J connectivity index is 0.000000720. The molecule has 13 heteroatoms. The summed E-state index contributed by atoms with van der Waals surface area (Å²) in [6.45, 7) is 30.6. The fraction of sp³-hybridized carbons (Fsp3) is 0.625. The van der Waals surface area contributed by atoms with Gasteiger partial charge < -0.3 is 9.30 Å². The Morgan fingerprint density at radius 2 is 0.973 bits per heavy atom. The Labute approximate surface area is 248 Å². The summed E-state index contributed by atoms with van der Waals surface area (Å²) in [5, 5.41) is 11.6. The molecule has 37 heavy (non-hydrogen) atoms. The maximum Gasteiger partial charge on any atom is 2.00 e. The van der Waals surface area contributed by atoms with Crippen molar-refractivity contribution >= 4 is 58.9 Å². The Kier molecular flexibility index (Phi) is 16.6. The van der Waals surface area contributed by atoms with Crippen molar-refractivity contribution in [3.63, 3.8) is 0 Å². The molecule has 204 valence electrons. The van der Waals surface area contributed by atoms with Gasteiger partial charge in [-0.3, -0.25) is 0 Å². The van der Waals surface area contributed by atoms with Gasteiger partial charge in [-0.2, -0.15) is 5.10 Å². The van der Waals surface area contributed by atoms with Crippen LogP contribution in [-0.2, 0) is 0 Å². The van der Waals surface area contributed by atoms with Crippen molar-refractivity contribution in [2.45, 2.75) is 100 Å². The molecule has 0 aliphatic carbocycles. The molecule has 0 amide bonds. The number of aryl methyl sites for hydroxylation is 6. The van der Waals surface area contributed by atoms with Crippen LogP contribution in [0.4, 0.5) is 0 Å². The molecule has 0 aromatic carbocycles. The van der Waals surface area contributed by atoms with Gasteiger partial charge in [0.15, 0.2) is 0 Å². The summed E-state index contributed by atoms with van der Waals surface area (Å²) < 4.78 is 15.4. The summed E-state index contributed by atoms with van der Waals surface area (Å²) in [5.74, 6) is 0. The fourth-order valence-corrected chi connectivity index (χ4v) is 13.8. The Morgan fingerprint density at radius 1 is 0.622 bits per heavy atom. The third-order valence-electron chi connectivity index (χ3n) is 5.12. The van der Waals surface area contributed by atoms with Crippen molar-refractivity contribution in [3.8, 4) is 0 Å². The molecule has 0 fully saturated rings. The van der Waals surface area contributed by atoms with Crippen LogP contribution >= 0.6 is 0 Å². The predicted molar refractivity (Wildman–Crippen MR) is 170 cm³/mol. The first kappa shape index (κ1) is 36.2. The van der Waals surface area contributed by atoms with Crippen LogP contribution in [0, 0.1) is 41.5 Å². The van der Waals surface area contributed by atoms with E-state index in [1.165, 1.54) is 0 Å². The molecule has 0 saturated carbocycles. The molecule has 3 heterocycles. The van der Waals surface area contributed by atoms with Gasteiger partial charge in [0.2, 0.25) is 11.4 Å². The molecule has 3 aromatic heterocycles. The number of H-pyrrole nitrogens is 2. The minimum atomic E-state index is -0.542. The van der Waals surface area contributed by atoms with E-state index in [0.29, 0.717) is 0 Å². The number of hydrogen-bond donors (Lipinski definition) is 0.